The first-order valence-corrected chi connectivity index (χ1v) is 12.0. The maximum Gasteiger partial charge on any atom is 0.586 e. The largest absolute Gasteiger partial charge is 0.586 e. The minimum Gasteiger partial charge on any atom is -0.395 e. The number of carbonyl (C=O) groups excluding carboxylic acids is 1. The van der Waals surface area contributed by atoms with Crippen molar-refractivity contribution in [3.63, 3.8) is 0 Å². The number of fused-ring (bicyclic) bond motifs is 2. The van der Waals surface area contributed by atoms with E-state index in [1.54, 1.807) is 12.1 Å². The Labute approximate surface area is 206 Å². The summed E-state index contributed by atoms with van der Waals surface area (Å²) in [5, 5.41) is 5.67. The van der Waals surface area contributed by atoms with Crippen molar-refractivity contribution in [2.75, 3.05) is 23.3 Å². The maximum absolute atomic E-state index is 15.2. The van der Waals surface area contributed by atoms with Gasteiger partial charge in [-0.2, -0.15) is 4.91 Å². The zero-order valence-electron chi connectivity index (χ0n) is 20.4. The molecule has 0 aromatic heterocycles. The van der Waals surface area contributed by atoms with E-state index in [1.165, 1.54) is 18.2 Å². The van der Waals surface area contributed by atoms with E-state index in [9.17, 15) is 18.5 Å². The number of halogens is 3. The number of nitrogens with zero attached hydrogens (tertiary/aromatic N) is 2. The lowest BCUT2D eigenvalue weighted by Gasteiger charge is -2.36. The molecule has 1 atom stereocenters. The van der Waals surface area contributed by atoms with Crippen molar-refractivity contribution in [1.29, 1.82) is 0 Å². The van der Waals surface area contributed by atoms with E-state index in [-0.39, 0.29) is 35.2 Å². The smallest absolute Gasteiger partial charge is 0.395 e. The SMILES string of the molecule is CC(C)(C)C1Cc2cc(NC(=O)C3(c4ccc5c(c4)OC(F)(F)O5)CC3)c(F)cc2N1CCCN=O. The zero-order chi connectivity index (χ0) is 25.9. The van der Waals surface area contributed by atoms with E-state index in [2.05, 4.69) is 45.6 Å². The van der Waals surface area contributed by atoms with Crippen LogP contribution in [0.15, 0.2) is 35.5 Å². The van der Waals surface area contributed by atoms with Crippen molar-refractivity contribution in [3.05, 3.63) is 52.2 Å². The van der Waals surface area contributed by atoms with Gasteiger partial charge in [0, 0.05) is 18.3 Å². The van der Waals surface area contributed by atoms with Crippen LogP contribution in [0.3, 0.4) is 0 Å². The Morgan fingerprint density at radius 3 is 2.56 bits per heavy atom. The zero-order valence-corrected chi connectivity index (χ0v) is 20.4. The highest BCUT2D eigenvalue weighted by Crippen LogP contribution is 2.52. The van der Waals surface area contributed by atoms with Crippen LogP contribution >= 0.6 is 0 Å². The summed E-state index contributed by atoms with van der Waals surface area (Å²) < 4.78 is 51.0. The molecule has 1 unspecified atom stereocenters. The van der Waals surface area contributed by atoms with E-state index in [1.807, 2.05) is 0 Å². The standard InChI is InChI=1S/C26H28F3N3O4/c1-24(2,3)22-12-15-11-18(17(27)14-19(15)32(22)10-4-9-30-34)31-23(33)25(7-8-25)16-5-6-20-21(13-16)36-26(28,29)35-20/h5-6,11,13-14,22H,4,7-10,12H2,1-3H3,(H,31,33). The summed E-state index contributed by atoms with van der Waals surface area (Å²) in [4.78, 5) is 26.0. The molecule has 2 aromatic rings. The molecule has 2 aliphatic heterocycles. The van der Waals surface area contributed by atoms with E-state index in [0.717, 1.165) is 11.3 Å². The molecule has 1 amide bonds. The number of nitroso groups, excluding NO2 is 1. The number of benzene rings is 2. The van der Waals surface area contributed by atoms with Gasteiger partial charge in [-0.1, -0.05) is 32.0 Å². The topological polar surface area (TPSA) is 80.2 Å². The summed E-state index contributed by atoms with van der Waals surface area (Å²) in [6, 6.07) is 7.53. The lowest BCUT2D eigenvalue weighted by Crippen LogP contribution is -2.42. The van der Waals surface area contributed by atoms with Gasteiger partial charge in [-0.15, -0.1) is 8.78 Å². The highest BCUT2D eigenvalue weighted by atomic mass is 19.3. The van der Waals surface area contributed by atoms with Gasteiger partial charge in [0.1, 0.15) is 5.82 Å². The third-order valence-corrected chi connectivity index (χ3v) is 7.30. The molecular weight excluding hydrogens is 475 g/mol. The van der Waals surface area contributed by atoms with E-state index < -0.39 is 23.4 Å². The lowest BCUT2D eigenvalue weighted by molar-refractivity contribution is -0.286. The van der Waals surface area contributed by atoms with Crippen molar-refractivity contribution in [1.82, 2.24) is 0 Å². The Morgan fingerprint density at radius 2 is 1.89 bits per heavy atom. The molecular formula is C26H28F3N3O4. The fraction of sp³-hybridized carbons (Fsp3) is 0.500. The van der Waals surface area contributed by atoms with Gasteiger partial charge in [-0.25, -0.2) is 4.39 Å². The Bertz CT molecular complexity index is 1220. The molecule has 1 saturated carbocycles. The second kappa shape index (κ2) is 8.38. The molecule has 1 fully saturated rings. The predicted octanol–water partition coefficient (Wildman–Crippen LogP) is 5.75. The fourth-order valence-corrected chi connectivity index (χ4v) is 5.24. The number of hydrogen-bond acceptors (Lipinski definition) is 6. The summed E-state index contributed by atoms with van der Waals surface area (Å²) in [6.45, 7) is 7.12. The average molecular weight is 504 g/mol. The predicted molar refractivity (Wildman–Crippen MR) is 128 cm³/mol. The summed E-state index contributed by atoms with van der Waals surface area (Å²) in [5.74, 6) is -1.17. The van der Waals surface area contributed by atoms with Crippen LogP contribution in [0.2, 0.25) is 0 Å². The molecule has 36 heavy (non-hydrogen) atoms. The lowest BCUT2D eigenvalue weighted by atomic mass is 9.84. The van der Waals surface area contributed by atoms with Gasteiger partial charge in [0.25, 0.3) is 0 Å². The van der Waals surface area contributed by atoms with E-state index in [4.69, 9.17) is 0 Å². The Kier molecular flexibility index (Phi) is 5.68. The Balaban J connectivity index is 1.38. The minimum atomic E-state index is -3.74. The van der Waals surface area contributed by atoms with Gasteiger partial charge in [-0.3, -0.25) is 4.79 Å². The number of nitrogens with one attached hydrogen (secondary N) is 1. The third-order valence-electron chi connectivity index (χ3n) is 7.30. The highest BCUT2D eigenvalue weighted by Gasteiger charge is 2.53. The third kappa shape index (κ3) is 4.26. The van der Waals surface area contributed by atoms with Gasteiger partial charge in [0.2, 0.25) is 5.91 Å². The van der Waals surface area contributed by atoms with Crippen LogP contribution in [0.1, 0.15) is 51.2 Å². The number of ether oxygens (including phenoxy) is 2. The molecule has 0 radical (unpaired) electrons. The normalized spacial score (nSPS) is 20.7. The molecule has 0 saturated heterocycles. The first kappa shape index (κ1) is 24.4. The van der Waals surface area contributed by atoms with Crippen molar-refractivity contribution in [2.45, 2.75) is 64.2 Å². The fourth-order valence-electron chi connectivity index (χ4n) is 5.24. The van der Waals surface area contributed by atoms with E-state index >= 15 is 4.39 Å². The van der Waals surface area contributed by atoms with Crippen LogP contribution < -0.4 is 19.7 Å². The monoisotopic (exact) mass is 503 g/mol. The van der Waals surface area contributed by atoms with Gasteiger partial charge in [0.15, 0.2) is 11.5 Å². The van der Waals surface area contributed by atoms with E-state index in [0.29, 0.717) is 37.8 Å². The molecule has 5 rings (SSSR count). The van der Waals surface area contributed by atoms with Gasteiger partial charge in [0.05, 0.1) is 17.6 Å². The second-order valence-corrected chi connectivity index (χ2v) is 10.8. The number of amides is 1. The molecule has 2 aromatic carbocycles. The van der Waals surface area contributed by atoms with Crippen LogP contribution in [0.5, 0.6) is 11.5 Å². The minimum absolute atomic E-state index is 0.0846. The number of hydrogen-bond donors (Lipinski definition) is 1. The first-order valence-electron chi connectivity index (χ1n) is 12.0. The van der Waals surface area contributed by atoms with Crippen LogP contribution in [-0.4, -0.2) is 31.3 Å². The van der Waals surface area contributed by atoms with Crippen molar-refractivity contribution < 1.29 is 27.4 Å². The summed E-state index contributed by atoms with van der Waals surface area (Å²) in [7, 11) is 0. The molecule has 10 heteroatoms. The summed E-state index contributed by atoms with van der Waals surface area (Å²) >= 11 is 0. The number of anilines is 2. The van der Waals surface area contributed by atoms with Crippen LogP contribution in [0, 0.1) is 16.1 Å². The average Bonchev–Trinajstić information content (AvgIpc) is 3.44. The van der Waals surface area contributed by atoms with Gasteiger partial charge >= 0.3 is 6.29 Å². The number of rotatable bonds is 7. The molecule has 7 nitrogen and oxygen atoms in total. The molecule has 1 N–H and O–H groups in total. The molecule has 0 bridgehead atoms. The quantitative estimate of drug-likeness (QED) is 0.384. The van der Waals surface area contributed by atoms with Crippen LogP contribution in [0.4, 0.5) is 24.5 Å². The van der Waals surface area contributed by atoms with Gasteiger partial charge in [-0.05, 0) is 66.5 Å². The van der Waals surface area contributed by atoms with Gasteiger partial charge < -0.3 is 19.7 Å². The molecule has 2 heterocycles. The molecule has 1 aliphatic carbocycles. The maximum atomic E-state index is 15.2. The molecule has 3 aliphatic rings. The molecule has 0 spiro atoms. The Hall–Kier alpha value is -3.30. The Morgan fingerprint density at radius 1 is 1.17 bits per heavy atom. The van der Waals surface area contributed by atoms with Crippen molar-refractivity contribution >= 4 is 17.3 Å². The summed E-state index contributed by atoms with van der Waals surface area (Å²) in [6.07, 6.45) is -1.48. The number of carbonyl (C=O) groups is 1. The summed E-state index contributed by atoms with van der Waals surface area (Å²) in [5.41, 5.74) is 1.24. The van der Waals surface area contributed by atoms with Crippen LogP contribution in [0.25, 0.3) is 0 Å². The molecule has 192 valence electrons. The van der Waals surface area contributed by atoms with Crippen LogP contribution in [-0.2, 0) is 16.6 Å². The van der Waals surface area contributed by atoms with Crippen molar-refractivity contribution in [2.24, 2.45) is 10.6 Å². The second-order valence-electron chi connectivity index (χ2n) is 10.8. The van der Waals surface area contributed by atoms with Crippen molar-refractivity contribution in [3.8, 4) is 11.5 Å². The number of alkyl halides is 2. The highest BCUT2D eigenvalue weighted by molar-refractivity contribution is 6.01. The first-order chi connectivity index (χ1) is 16.9.